The van der Waals surface area contributed by atoms with Crippen molar-refractivity contribution in [1.29, 1.82) is 0 Å². The number of ether oxygens (including phenoxy) is 1. The predicted molar refractivity (Wildman–Crippen MR) is 73.6 cm³/mol. The second kappa shape index (κ2) is 6.30. The van der Waals surface area contributed by atoms with Crippen LogP contribution < -0.4 is 5.32 Å². The molecule has 1 unspecified atom stereocenters. The molecule has 0 spiro atoms. The average molecular weight is 248 g/mol. The van der Waals surface area contributed by atoms with E-state index in [1.54, 1.807) is 0 Å². The molecule has 1 aromatic heterocycles. The highest BCUT2D eigenvalue weighted by molar-refractivity contribution is 5.12. The van der Waals surface area contributed by atoms with E-state index < -0.39 is 0 Å². The van der Waals surface area contributed by atoms with Crippen LogP contribution in [0.15, 0.2) is 24.5 Å². The Morgan fingerprint density at radius 3 is 2.61 bits per heavy atom. The summed E-state index contributed by atoms with van der Waals surface area (Å²) in [5, 5.41) is 3.59. The molecule has 1 aliphatic rings. The van der Waals surface area contributed by atoms with Crippen molar-refractivity contribution < 1.29 is 4.74 Å². The van der Waals surface area contributed by atoms with Crippen LogP contribution in [0.2, 0.25) is 0 Å². The summed E-state index contributed by atoms with van der Waals surface area (Å²) in [5.74, 6) is 0. The first-order chi connectivity index (χ1) is 8.78. The van der Waals surface area contributed by atoms with Crippen LogP contribution in [0.1, 0.15) is 38.2 Å². The summed E-state index contributed by atoms with van der Waals surface area (Å²) in [6, 6.07) is 4.70. The molecule has 0 bridgehead atoms. The Balaban J connectivity index is 1.95. The van der Waals surface area contributed by atoms with Crippen LogP contribution in [0.3, 0.4) is 0 Å². The Morgan fingerprint density at radius 2 is 2.11 bits per heavy atom. The molecule has 3 nitrogen and oxygen atoms in total. The van der Waals surface area contributed by atoms with E-state index in [1.165, 1.54) is 24.8 Å². The Hall–Kier alpha value is -0.930. The van der Waals surface area contributed by atoms with Gasteiger partial charge in [0, 0.05) is 25.5 Å². The molecule has 1 aromatic rings. The van der Waals surface area contributed by atoms with Crippen molar-refractivity contribution in [3.8, 4) is 0 Å². The number of hydrogen-bond acceptors (Lipinski definition) is 3. The van der Waals surface area contributed by atoms with Gasteiger partial charge in [-0.1, -0.05) is 6.92 Å². The first-order valence-corrected chi connectivity index (χ1v) is 6.95. The molecule has 0 radical (unpaired) electrons. The maximum atomic E-state index is 5.74. The minimum Gasteiger partial charge on any atom is -0.378 e. The second-order valence-electron chi connectivity index (χ2n) is 5.26. The smallest absolute Gasteiger partial charge is 0.0693 e. The summed E-state index contributed by atoms with van der Waals surface area (Å²) in [4.78, 5) is 4.07. The van der Waals surface area contributed by atoms with Gasteiger partial charge in [0.05, 0.1) is 5.60 Å². The van der Waals surface area contributed by atoms with E-state index in [-0.39, 0.29) is 5.60 Å². The number of methoxy groups -OCH3 is 1. The first-order valence-electron chi connectivity index (χ1n) is 6.95. The van der Waals surface area contributed by atoms with E-state index in [2.05, 4.69) is 29.4 Å². The van der Waals surface area contributed by atoms with Crippen LogP contribution in [-0.4, -0.2) is 30.3 Å². The van der Waals surface area contributed by atoms with Gasteiger partial charge in [0.2, 0.25) is 0 Å². The molecule has 1 atom stereocenters. The van der Waals surface area contributed by atoms with Crippen LogP contribution in [0.5, 0.6) is 0 Å². The normalized spacial score (nSPS) is 19.2. The van der Waals surface area contributed by atoms with Crippen LogP contribution in [0, 0.1) is 0 Å². The van der Waals surface area contributed by atoms with Crippen molar-refractivity contribution in [3.05, 3.63) is 30.1 Å². The van der Waals surface area contributed by atoms with E-state index in [1.807, 2.05) is 19.5 Å². The van der Waals surface area contributed by atoms with Crippen molar-refractivity contribution >= 4 is 0 Å². The van der Waals surface area contributed by atoms with Gasteiger partial charge in [-0.3, -0.25) is 4.98 Å². The molecule has 0 aliphatic heterocycles. The zero-order valence-electron chi connectivity index (χ0n) is 11.5. The zero-order chi connectivity index (χ0) is 12.8. The summed E-state index contributed by atoms with van der Waals surface area (Å²) in [7, 11) is 1.86. The molecule has 100 valence electrons. The molecule has 1 fully saturated rings. The average Bonchev–Trinajstić information content (AvgIpc) is 2.35. The minimum absolute atomic E-state index is 0.139. The fraction of sp³-hybridized carbons (Fsp3) is 0.667. The Kier molecular flexibility index (Phi) is 4.72. The van der Waals surface area contributed by atoms with Crippen LogP contribution in [-0.2, 0) is 11.2 Å². The van der Waals surface area contributed by atoms with Crippen molar-refractivity contribution in [2.45, 2.75) is 50.7 Å². The zero-order valence-corrected chi connectivity index (χ0v) is 11.5. The Morgan fingerprint density at radius 1 is 1.39 bits per heavy atom. The van der Waals surface area contributed by atoms with E-state index in [9.17, 15) is 0 Å². The first kappa shape index (κ1) is 13.5. The molecule has 2 rings (SSSR count). The van der Waals surface area contributed by atoms with Crippen molar-refractivity contribution in [2.24, 2.45) is 0 Å². The predicted octanol–water partition coefficient (Wildman–Crippen LogP) is 2.56. The second-order valence-corrected chi connectivity index (χ2v) is 5.26. The van der Waals surface area contributed by atoms with Crippen molar-refractivity contribution in [3.63, 3.8) is 0 Å². The van der Waals surface area contributed by atoms with Crippen molar-refractivity contribution in [2.75, 3.05) is 13.7 Å². The number of nitrogens with zero attached hydrogens (tertiary/aromatic N) is 1. The van der Waals surface area contributed by atoms with E-state index >= 15 is 0 Å². The number of pyridine rings is 1. The van der Waals surface area contributed by atoms with Gasteiger partial charge >= 0.3 is 0 Å². The number of nitrogens with one attached hydrogen (secondary N) is 1. The molecule has 18 heavy (non-hydrogen) atoms. The fourth-order valence-corrected chi connectivity index (χ4v) is 2.82. The maximum Gasteiger partial charge on any atom is 0.0693 e. The monoisotopic (exact) mass is 248 g/mol. The minimum atomic E-state index is 0.139. The van der Waals surface area contributed by atoms with Gasteiger partial charge in [-0.2, -0.15) is 0 Å². The molecule has 1 saturated carbocycles. The highest BCUT2D eigenvalue weighted by atomic mass is 16.5. The van der Waals surface area contributed by atoms with Gasteiger partial charge < -0.3 is 10.1 Å². The Bertz CT molecular complexity index is 343. The lowest BCUT2D eigenvalue weighted by atomic mass is 9.75. The van der Waals surface area contributed by atoms with Crippen LogP contribution in [0.4, 0.5) is 0 Å². The number of hydrogen-bond donors (Lipinski definition) is 1. The topological polar surface area (TPSA) is 34.2 Å². The van der Waals surface area contributed by atoms with E-state index in [0.717, 1.165) is 19.4 Å². The van der Waals surface area contributed by atoms with E-state index in [4.69, 9.17) is 4.74 Å². The lowest BCUT2D eigenvalue weighted by Gasteiger charge is -2.43. The highest BCUT2D eigenvalue weighted by Crippen LogP contribution is 2.39. The molecular weight excluding hydrogens is 224 g/mol. The SMILES string of the molecule is CCNC(Cc1ccncc1)CC1(OC)CCC1. The van der Waals surface area contributed by atoms with Gasteiger partial charge in [0.15, 0.2) is 0 Å². The van der Waals surface area contributed by atoms with E-state index in [0.29, 0.717) is 6.04 Å². The molecule has 0 aromatic carbocycles. The standard InChI is InChI=1S/C15H24N2O/c1-3-17-14(11-13-5-9-16-10-6-13)12-15(18-2)7-4-8-15/h5-6,9-10,14,17H,3-4,7-8,11-12H2,1-2H3. The van der Waals surface area contributed by atoms with Gasteiger partial charge in [-0.25, -0.2) is 0 Å². The molecule has 1 heterocycles. The highest BCUT2D eigenvalue weighted by Gasteiger charge is 2.38. The third-order valence-electron chi connectivity index (χ3n) is 4.04. The van der Waals surface area contributed by atoms with Crippen molar-refractivity contribution in [1.82, 2.24) is 10.3 Å². The fourth-order valence-electron chi connectivity index (χ4n) is 2.82. The van der Waals surface area contributed by atoms with Gasteiger partial charge in [0.1, 0.15) is 0 Å². The van der Waals surface area contributed by atoms with Crippen LogP contribution in [0.25, 0.3) is 0 Å². The molecule has 0 saturated heterocycles. The van der Waals surface area contributed by atoms with Gasteiger partial charge in [-0.05, 0) is 56.3 Å². The lowest BCUT2D eigenvalue weighted by molar-refractivity contribution is -0.0833. The molecule has 3 heteroatoms. The number of rotatable bonds is 7. The molecule has 0 amide bonds. The van der Waals surface area contributed by atoms with Gasteiger partial charge in [-0.15, -0.1) is 0 Å². The lowest BCUT2D eigenvalue weighted by Crippen LogP contribution is -2.46. The molecule has 1 N–H and O–H groups in total. The molecule has 1 aliphatic carbocycles. The van der Waals surface area contributed by atoms with Crippen LogP contribution >= 0.6 is 0 Å². The number of likely N-dealkylation sites (N-methyl/N-ethyl adjacent to an activating group) is 1. The summed E-state index contributed by atoms with van der Waals surface area (Å²) in [6.07, 6.45) is 9.63. The Labute approximate surface area is 110 Å². The largest absolute Gasteiger partial charge is 0.378 e. The van der Waals surface area contributed by atoms with Gasteiger partial charge in [0.25, 0.3) is 0 Å². The molecular formula is C15H24N2O. The number of aromatic nitrogens is 1. The quantitative estimate of drug-likeness (QED) is 0.805. The summed E-state index contributed by atoms with van der Waals surface area (Å²) in [6.45, 7) is 3.18. The summed E-state index contributed by atoms with van der Waals surface area (Å²) < 4.78 is 5.74. The maximum absolute atomic E-state index is 5.74. The summed E-state index contributed by atoms with van der Waals surface area (Å²) in [5.41, 5.74) is 1.49. The summed E-state index contributed by atoms with van der Waals surface area (Å²) >= 11 is 0. The third-order valence-corrected chi connectivity index (χ3v) is 4.04. The third kappa shape index (κ3) is 3.30.